The van der Waals surface area contributed by atoms with Crippen molar-refractivity contribution in [2.45, 2.75) is 39.7 Å². The van der Waals surface area contributed by atoms with Gasteiger partial charge >= 0.3 is 0 Å². The molecule has 0 bridgehead atoms. The second-order valence-electron chi connectivity index (χ2n) is 5.53. The van der Waals surface area contributed by atoms with Crippen molar-refractivity contribution in [2.24, 2.45) is 0 Å². The number of para-hydroxylation sites is 1. The number of likely N-dealkylation sites (N-methyl/N-ethyl adjacent to an activating group) is 1. The third kappa shape index (κ3) is 5.62. The molecule has 1 unspecified atom stereocenters. The Balaban J connectivity index is 2.68. The summed E-state index contributed by atoms with van der Waals surface area (Å²) in [5, 5.41) is 9.62. The Hall–Kier alpha value is -1.54. The molecule has 1 aromatic rings. The van der Waals surface area contributed by atoms with Crippen LogP contribution in [-0.2, 0) is 0 Å². The van der Waals surface area contributed by atoms with Gasteiger partial charge in [0.05, 0.1) is 12.6 Å². The summed E-state index contributed by atoms with van der Waals surface area (Å²) < 4.78 is 0. The molecule has 2 nitrogen and oxygen atoms in total. The summed E-state index contributed by atoms with van der Waals surface area (Å²) in [6.45, 7) is 6.52. The molecule has 0 aliphatic carbocycles. The minimum Gasteiger partial charge on any atom is -0.394 e. The van der Waals surface area contributed by atoms with Crippen LogP contribution in [-0.4, -0.2) is 24.8 Å². The van der Waals surface area contributed by atoms with Crippen molar-refractivity contribution < 1.29 is 5.11 Å². The molecule has 2 heteroatoms. The van der Waals surface area contributed by atoms with Crippen LogP contribution in [0.1, 0.15) is 33.6 Å². The Bertz CT molecular complexity index is 444. The quantitative estimate of drug-likeness (QED) is 0.753. The second-order valence-corrected chi connectivity index (χ2v) is 5.53. The molecule has 0 aromatic heterocycles. The summed E-state index contributed by atoms with van der Waals surface area (Å²) in [7, 11) is 2.02. The van der Waals surface area contributed by atoms with E-state index in [2.05, 4.69) is 50.0 Å². The molecule has 1 rings (SSSR count). The van der Waals surface area contributed by atoms with Gasteiger partial charge in [0.2, 0.25) is 0 Å². The fourth-order valence-corrected chi connectivity index (χ4v) is 2.14. The maximum Gasteiger partial charge on any atom is 0.0703 e. The number of rotatable bonds is 7. The molecule has 0 fully saturated rings. The molecule has 0 heterocycles. The number of hydrogen-bond acceptors (Lipinski definition) is 2. The van der Waals surface area contributed by atoms with Crippen LogP contribution in [0.25, 0.3) is 0 Å². The van der Waals surface area contributed by atoms with Gasteiger partial charge < -0.3 is 10.0 Å². The first-order valence-electron chi connectivity index (χ1n) is 7.24. The summed E-state index contributed by atoms with van der Waals surface area (Å²) in [5.41, 5.74) is 3.81. The highest BCUT2D eigenvalue weighted by atomic mass is 16.3. The number of aliphatic hydroxyl groups excluding tert-OH is 1. The van der Waals surface area contributed by atoms with Gasteiger partial charge in [-0.15, -0.1) is 0 Å². The summed E-state index contributed by atoms with van der Waals surface area (Å²) >= 11 is 0. The molecule has 1 N–H and O–H groups in total. The zero-order valence-corrected chi connectivity index (χ0v) is 13.1. The molecule has 0 aliphatic heterocycles. The molecule has 0 spiro atoms. The molecule has 0 saturated carbocycles. The van der Waals surface area contributed by atoms with Gasteiger partial charge in [0.15, 0.2) is 0 Å². The SMILES string of the molecule is CC(C)=CCC/C(C)=C/C(CO)N(C)c1ccccc1. The molecule has 0 radical (unpaired) electrons. The van der Waals surface area contributed by atoms with Crippen LogP contribution in [0.5, 0.6) is 0 Å². The average molecular weight is 273 g/mol. The van der Waals surface area contributed by atoms with Crippen molar-refractivity contribution >= 4 is 5.69 Å². The van der Waals surface area contributed by atoms with E-state index in [0.717, 1.165) is 18.5 Å². The molecular weight excluding hydrogens is 246 g/mol. The van der Waals surface area contributed by atoms with E-state index in [1.165, 1.54) is 11.1 Å². The molecule has 1 atom stereocenters. The molecule has 110 valence electrons. The van der Waals surface area contributed by atoms with Crippen molar-refractivity contribution in [3.63, 3.8) is 0 Å². The Kier molecular flexibility index (Phi) is 7.10. The van der Waals surface area contributed by atoms with Gasteiger partial charge in [0, 0.05) is 12.7 Å². The van der Waals surface area contributed by atoms with Gasteiger partial charge in [-0.1, -0.05) is 41.5 Å². The predicted molar refractivity (Wildman–Crippen MR) is 88.1 cm³/mol. The first-order chi connectivity index (χ1) is 9.54. The van der Waals surface area contributed by atoms with Crippen LogP contribution in [0.15, 0.2) is 53.6 Å². The minimum atomic E-state index is 0.0316. The molecule has 1 aromatic carbocycles. The minimum absolute atomic E-state index is 0.0316. The Morgan fingerprint density at radius 2 is 1.85 bits per heavy atom. The number of benzene rings is 1. The lowest BCUT2D eigenvalue weighted by Gasteiger charge is -2.27. The highest BCUT2D eigenvalue weighted by Gasteiger charge is 2.11. The molecule has 0 amide bonds. The van der Waals surface area contributed by atoms with Crippen LogP contribution < -0.4 is 4.90 Å². The normalized spacial score (nSPS) is 12.9. The van der Waals surface area contributed by atoms with Gasteiger partial charge in [-0.2, -0.15) is 0 Å². The lowest BCUT2D eigenvalue weighted by atomic mass is 10.1. The Morgan fingerprint density at radius 1 is 1.20 bits per heavy atom. The Labute approximate surface area is 123 Å². The van der Waals surface area contributed by atoms with Gasteiger partial charge in [-0.25, -0.2) is 0 Å². The van der Waals surface area contributed by atoms with E-state index in [1.54, 1.807) is 0 Å². The summed E-state index contributed by atoms with van der Waals surface area (Å²) in [5.74, 6) is 0. The van der Waals surface area contributed by atoms with Crippen LogP contribution in [0, 0.1) is 0 Å². The van der Waals surface area contributed by atoms with E-state index >= 15 is 0 Å². The third-order valence-corrected chi connectivity index (χ3v) is 3.42. The first kappa shape index (κ1) is 16.5. The largest absolute Gasteiger partial charge is 0.394 e. The third-order valence-electron chi connectivity index (χ3n) is 3.42. The highest BCUT2D eigenvalue weighted by Crippen LogP contribution is 2.17. The number of allylic oxidation sites excluding steroid dienone is 3. The predicted octanol–water partition coefficient (Wildman–Crippen LogP) is 4.18. The van der Waals surface area contributed by atoms with Crippen molar-refractivity contribution in [3.05, 3.63) is 53.6 Å². The standard InChI is InChI=1S/C18H27NO/c1-15(2)9-8-10-16(3)13-18(14-20)19(4)17-11-6-5-7-12-17/h5-7,9,11-13,18,20H,8,10,14H2,1-4H3/b16-13+. The molecule has 0 aliphatic rings. The fraction of sp³-hybridized carbons (Fsp3) is 0.444. The van der Waals surface area contributed by atoms with Crippen molar-refractivity contribution in [2.75, 3.05) is 18.6 Å². The topological polar surface area (TPSA) is 23.5 Å². The molecular formula is C18H27NO. The number of aliphatic hydroxyl groups is 1. The van der Waals surface area contributed by atoms with E-state index in [0.29, 0.717) is 0 Å². The van der Waals surface area contributed by atoms with E-state index in [-0.39, 0.29) is 12.6 Å². The molecule has 0 saturated heterocycles. The van der Waals surface area contributed by atoms with Crippen molar-refractivity contribution in [3.8, 4) is 0 Å². The molecule has 20 heavy (non-hydrogen) atoms. The lowest BCUT2D eigenvalue weighted by Crippen LogP contribution is -2.33. The zero-order valence-electron chi connectivity index (χ0n) is 13.1. The van der Waals surface area contributed by atoms with Gasteiger partial charge in [-0.05, 0) is 45.7 Å². The number of hydrogen-bond donors (Lipinski definition) is 1. The first-order valence-corrected chi connectivity index (χ1v) is 7.24. The number of nitrogens with zero attached hydrogens (tertiary/aromatic N) is 1. The summed E-state index contributed by atoms with van der Waals surface area (Å²) in [4.78, 5) is 2.12. The van der Waals surface area contributed by atoms with Gasteiger partial charge in [0.25, 0.3) is 0 Å². The highest BCUT2D eigenvalue weighted by molar-refractivity contribution is 5.47. The smallest absolute Gasteiger partial charge is 0.0703 e. The van der Waals surface area contributed by atoms with Gasteiger partial charge in [-0.3, -0.25) is 0 Å². The average Bonchev–Trinajstić information content (AvgIpc) is 2.44. The Morgan fingerprint density at radius 3 is 2.40 bits per heavy atom. The van der Waals surface area contributed by atoms with Crippen LogP contribution in [0.4, 0.5) is 5.69 Å². The van der Waals surface area contributed by atoms with Crippen LogP contribution in [0.3, 0.4) is 0 Å². The van der Waals surface area contributed by atoms with E-state index in [9.17, 15) is 5.11 Å². The lowest BCUT2D eigenvalue weighted by molar-refractivity contribution is 0.280. The summed E-state index contributed by atoms with van der Waals surface area (Å²) in [6, 6.07) is 10.2. The second kappa shape index (κ2) is 8.60. The van der Waals surface area contributed by atoms with Crippen molar-refractivity contribution in [1.29, 1.82) is 0 Å². The maximum atomic E-state index is 9.62. The van der Waals surface area contributed by atoms with E-state index < -0.39 is 0 Å². The fourth-order valence-electron chi connectivity index (χ4n) is 2.14. The summed E-state index contributed by atoms with van der Waals surface area (Å²) in [6.07, 6.45) is 6.54. The van der Waals surface area contributed by atoms with Gasteiger partial charge in [0.1, 0.15) is 0 Å². The van der Waals surface area contributed by atoms with E-state index in [4.69, 9.17) is 0 Å². The van der Waals surface area contributed by atoms with E-state index in [1.807, 2.05) is 25.2 Å². The zero-order chi connectivity index (χ0) is 15.0. The number of anilines is 1. The van der Waals surface area contributed by atoms with Crippen molar-refractivity contribution in [1.82, 2.24) is 0 Å². The van der Waals surface area contributed by atoms with Crippen LogP contribution in [0.2, 0.25) is 0 Å². The van der Waals surface area contributed by atoms with Crippen LogP contribution >= 0.6 is 0 Å². The maximum absolute atomic E-state index is 9.62. The monoisotopic (exact) mass is 273 g/mol.